The zero-order valence-electron chi connectivity index (χ0n) is 17.2. The van der Waals surface area contributed by atoms with E-state index in [2.05, 4.69) is 51.7 Å². The summed E-state index contributed by atoms with van der Waals surface area (Å²) < 4.78 is 13.0. The molecule has 0 bridgehead atoms. The van der Waals surface area contributed by atoms with Gasteiger partial charge in [-0.25, -0.2) is 0 Å². The third-order valence-electron chi connectivity index (χ3n) is 3.55. The van der Waals surface area contributed by atoms with E-state index in [9.17, 15) is 0 Å². The molecule has 1 heterocycles. The Kier molecular flexibility index (Phi) is 6.35. The molecule has 0 unspecified atom stereocenters. The van der Waals surface area contributed by atoms with Gasteiger partial charge in [0.25, 0.3) is 0 Å². The molecule has 0 aromatic heterocycles. The average molecular weight is 357 g/mol. The molecular formula is C17H36N4O2Si. The SMILES string of the molecule is CN(C)/N=C(/O[Si]1(O/C(=N/N(C)C)C(C)(C)C)CCC1)C(C)(C)C. The maximum absolute atomic E-state index is 6.48. The van der Waals surface area contributed by atoms with E-state index in [-0.39, 0.29) is 10.8 Å². The Bertz CT molecular complexity index is 444. The molecule has 0 saturated carbocycles. The van der Waals surface area contributed by atoms with Crippen LogP contribution in [0.5, 0.6) is 0 Å². The average Bonchev–Trinajstić information content (AvgIpc) is 2.30. The maximum atomic E-state index is 6.48. The molecule has 1 saturated heterocycles. The van der Waals surface area contributed by atoms with Gasteiger partial charge in [-0.05, 0) is 6.42 Å². The molecule has 0 atom stereocenters. The summed E-state index contributed by atoms with van der Waals surface area (Å²) >= 11 is 0. The summed E-state index contributed by atoms with van der Waals surface area (Å²) in [4.78, 5) is 0. The van der Waals surface area contributed by atoms with Crippen LogP contribution in [0.3, 0.4) is 0 Å². The van der Waals surface area contributed by atoms with E-state index in [1.807, 2.05) is 28.2 Å². The van der Waals surface area contributed by atoms with Crippen LogP contribution in [-0.4, -0.2) is 58.6 Å². The molecule has 0 aliphatic carbocycles. The van der Waals surface area contributed by atoms with Crippen LogP contribution in [0.4, 0.5) is 0 Å². The van der Waals surface area contributed by atoms with Crippen LogP contribution in [0.25, 0.3) is 0 Å². The van der Waals surface area contributed by atoms with E-state index in [4.69, 9.17) is 8.85 Å². The van der Waals surface area contributed by atoms with Crippen LogP contribution < -0.4 is 0 Å². The smallest absolute Gasteiger partial charge is 0.462 e. The molecule has 140 valence electrons. The topological polar surface area (TPSA) is 49.7 Å². The van der Waals surface area contributed by atoms with E-state index >= 15 is 0 Å². The van der Waals surface area contributed by atoms with Crippen molar-refractivity contribution in [1.82, 2.24) is 10.0 Å². The van der Waals surface area contributed by atoms with Gasteiger partial charge in [0, 0.05) is 51.1 Å². The van der Waals surface area contributed by atoms with Crippen molar-refractivity contribution in [3.05, 3.63) is 0 Å². The molecular weight excluding hydrogens is 320 g/mol. The highest BCUT2D eigenvalue weighted by atomic mass is 28.4. The van der Waals surface area contributed by atoms with Gasteiger partial charge in [-0.2, -0.15) is 0 Å². The Morgan fingerprint density at radius 1 is 0.750 bits per heavy atom. The Morgan fingerprint density at radius 3 is 1.25 bits per heavy atom. The normalized spacial score (nSPS) is 18.8. The van der Waals surface area contributed by atoms with Crippen molar-refractivity contribution in [2.45, 2.75) is 60.1 Å². The van der Waals surface area contributed by atoms with Crippen molar-refractivity contribution < 1.29 is 8.85 Å². The summed E-state index contributed by atoms with van der Waals surface area (Å²) in [7, 11) is 5.33. The molecule has 1 aliphatic rings. The number of hydrogen-bond donors (Lipinski definition) is 0. The molecule has 0 spiro atoms. The third-order valence-corrected chi connectivity index (χ3v) is 6.91. The van der Waals surface area contributed by atoms with Crippen LogP contribution >= 0.6 is 0 Å². The van der Waals surface area contributed by atoms with E-state index < -0.39 is 8.56 Å². The first-order chi connectivity index (χ1) is 10.8. The summed E-state index contributed by atoms with van der Waals surface area (Å²) in [6.45, 7) is 12.7. The van der Waals surface area contributed by atoms with Gasteiger partial charge in [0.15, 0.2) is 11.8 Å². The summed E-state index contributed by atoms with van der Waals surface area (Å²) in [5.41, 5.74) is -0.326. The Morgan fingerprint density at radius 2 is 1.08 bits per heavy atom. The predicted octanol–water partition coefficient (Wildman–Crippen LogP) is 3.71. The first-order valence-electron chi connectivity index (χ1n) is 8.66. The second kappa shape index (κ2) is 7.33. The van der Waals surface area contributed by atoms with Gasteiger partial charge in [-0.15, -0.1) is 10.2 Å². The summed E-state index contributed by atoms with van der Waals surface area (Å²) in [6.07, 6.45) is 1.14. The van der Waals surface area contributed by atoms with Crippen molar-refractivity contribution in [2.75, 3.05) is 28.2 Å². The van der Waals surface area contributed by atoms with Crippen molar-refractivity contribution >= 4 is 20.4 Å². The van der Waals surface area contributed by atoms with Crippen LogP contribution in [0.15, 0.2) is 10.2 Å². The lowest BCUT2D eigenvalue weighted by Gasteiger charge is -2.42. The summed E-state index contributed by atoms with van der Waals surface area (Å²) in [5.74, 6) is 1.49. The van der Waals surface area contributed by atoms with Crippen molar-refractivity contribution in [1.29, 1.82) is 0 Å². The largest absolute Gasteiger partial charge is 0.499 e. The zero-order chi connectivity index (χ0) is 18.8. The predicted molar refractivity (Wildman–Crippen MR) is 103 cm³/mol. The highest BCUT2D eigenvalue weighted by molar-refractivity contribution is 6.73. The van der Waals surface area contributed by atoms with Crippen molar-refractivity contribution in [2.24, 2.45) is 21.0 Å². The molecule has 1 fully saturated rings. The highest BCUT2D eigenvalue weighted by Crippen LogP contribution is 2.38. The minimum absolute atomic E-state index is 0.163. The lowest BCUT2D eigenvalue weighted by Crippen LogP contribution is -2.54. The Balaban J connectivity index is 3.09. The van der Waals surface area contributed by atoms with Gasteiger partial charge in [0.1, 0.15) is 0 Å². The first-order valence-corrected chi connectivity index (χ1v) is 10.9. The zero-order valence-corrected chi connectivity index (χ0v) is 18.2. The number of hydrazone groups is 2. The van der Waals surface area contributed by atoms with Crippen LogP contribution in [0.1, 0.15) is 48.0 Å². The van der Waals surface area contributed by atoms with E-state index in [1.165, 1.54) is 0 Å². The standard InChI is InChI=1S/C17H36N4O2Si/c1-16(2,3)14(18-20(7)8)22-24(12-11-13-24)23-15(17(4,5)6)19-21(9)10/h11-13H2,1-10H3/b18-14+,19-15+. The van der Waals surface area contributed by atoms with Gasteiger partial charge >= 0.3 is 8.56 Å². The monoisotopic (exact) mass is 356 g/mol. The van der Waals surface area contributed by atoms with Gasteiger partial charge in [0.05, 0.1) is 0 Å². The second-order valence-electron chi connectivity index (χ2n) is 8.97. The van der Waals surface area contributed by atoms with Crippen LogP contribution in [-0.2, 0) is 8.85 Å². The molecule has 0 aromatic carbocycles. The molecule has 1 rings (SSSR count). The molecule has 7 heteroatoms. The minimum atomic E-state index is -2.34. The fraction of sp³-hybridized carbons (Fsp3) is 0.882. The quantitative estimate of drug-likeness (QED) is 0.333. The highest BCUT2D eigenvalue weighted by Gasteiger charge is 2.52. The third kappa shape index (κ3) is 6.00. The van der Waals surface area contributed by atoms with Gasteiger partial charge < -0.3 is 8.85 Å². The fourth-order valence-corrected chi connectivity index (χ4v) is 4.83. The maximum Gasteiger partial charge on any atom is 0.462 e. The second-order valence-corrected chi connectivity index (χ2v) is 12.2. The molecule has 24 heavy (non-hydrogen) atoms. The molecule has 0 amide bonds. The molecule has 1 aliphatic heterocycles. The van der Waals surface area contributed by atoms with Gasteiger partial charge in [0.2, 0.25) is 0 Å². The molecule has 0 N–H and O–H groups in total. The molecule has 0 aromatic rings. The minimum Gasteiger partial charge on any atom is -0.499 e. The Hall–Kier alpha value is -1.24. The lowest BCUT2D eigenvalue weighted by molar-refractivity contribution is 0.268. The van der Waals surface area contributed by atoms with Gasteiger partial charge in [-0.3, -0.25) is 10.0 Å². The van der Waals surface area contributed by atoms with Crippen molar-refractivity contribution in [3.8, 4) is 0 Å². The Labute approximate surface area is 149 Å². The summed E-state index contributed by atoms with van der Waals surface area (Å²) in [5, 5.41) is 12.7. The molecule has 0 radical (unpaired) electrons. The van der Waals surface area contributed by atoms with Gasteiger partial charge in [-0.1, -0.05) is 41.5 Å². The fourth-order valence-electron chi connectivity index (χ4n) is 2.05. The number of rotatable bonds is 4. The lowest BCUT2D eigenvalue weighted by atomic mass is 9.97. The summed E-state index contributed by atoms with van der Waals surface area (Å²) in [6, 6.07) is 1.97. The van der Waals surface area contributed by atoms with Crippen molar-refractivity contribution in [3.63, 3.8) is 0 Å². The first kappa shape index (κ1) is 20.8. The van der Waals surface area contributed by atoms with Crippen LogP contribution in [0, 0.1) is 10.8 Å². The molecule has 6 nitrogen and oxygen atoms in total. The van der Waals surface area contributed by atoms with E-state index in [1.54, 1.807) is 10.0 Å². The number of nitrogens with zero attached hydrogens (tertiary/aromatic N) is 4. The van der Waals surface area contributed by atoms with E-state index in [0.29, 0.717) is 0 Å². The number of hydrogen-bond acceptors (Lipinski definition) is 6. The van der Waals surface area contributed by atoms with Crippen LogP contribution in [0.2, 0.25) is 12.1 Å². The van der Waals surface area contributed by atoms with E-state index in [0.717, 1.165) is 30.3 Å².